The van der Waals surface area contributed by atoms with Crippen LogP contribution in [0.15, 0.2) is 97.1 Å². The number of carboxylic acids is 2. The van der Waals surface area contributed by atoms with Gasteiger partial charge in [-0.1, -0.05) is 110 Å². The van der Waals surface area contributed by atoms with Crippen LogP contribution in [0.1, 0.15) is 72.6 Å². The molecule has 0 aromatic heterocycles. The maximum absolute atomic E-state index is 12.7. The summed E-state index contributed by atoms with van der Waals surface area (Å²) in [5.41, 5.74) is 7.94. The Labute approximate surface area is 326 Å². The topological polar surface area (TPSA) is 134 Å². The van der Waals surface area contributed by atoms with Gasteiger partial charge in [-0.25, -0.2) is 9.59 Å². The number of nitrogens with zero attached hydrogens (tertiary/aromatic N) is 2. The Bertz CT molecular complexity index is 1970. The predicted octanol–water partition coefficient (Wildman–Crippen LogP) is 8.24. The van der Waals surface area contributed by atoms with Crippen molar-refractivity contribution in [3.8, 4) is 22.3 Å². The Morgan fingerprint density at radius 3 is 1.16 bits per heavy atom. The highest BCUT2D eigenvalue weighted by atomic mass is 16.6. The van der Waals surface area contributed by atoms with E-state index in [0.717, 1.165) is 25.7 Å². The minimum Gasteiger partial charge on any atom is -0.481 e. The molecule has 4 aromatic carbocycles. The van der Waals surface area contributed by atoms with Crippen molar-refractivity contribution < 1.29 is 38.9 Å². The SMILES string of the molecule is O=C(OCC1c2ccccc2-c2ccccc21)N1C[C@@H]2CCC[C@]2(C(=O)O)C1.O=C(OCC1c2ccccc2-c2ccccc21)N1C[C@H]2CCC[C@@]2(C(=O)O)C1. The maximum atomic E-state index is 12.7. The van der Waals surface area contributed by atoms with Crippen LogP contribution in [0.25, 0.3) is 22.3 Å². The van der Waals surface area contributed by atoms with E-state index in [1.54, 1.807) is 9.80 Å². The Hall–Kier alpha value is -5.64. The zero-order chi connectivity index (χ0) is 38.6. The summed E-state index contributed by atoms with van der Waals surface area (Å²) in [6.45, 7) is 2.06. The summed E-state index contributed by atoms with van der Waals surface area (Å²) >= 11 is 0. The molecule has 288 valence electrons. The van der Waals surface area contributed by atoms with Crippen LogP contribution in [0, 0.1) is 22.7 Å². The Balaban J connectivity index is 0.000000146. The normalized spacial score (nSPS) is 25.3. The number of rotatable bonds is 6. The molecular formula is C46H46N2O8. The zero-order valence-corrected chi connectivity index (χ0v) is 31.3. The predicted molar refractivity (Wildman–Crippen MR) is 208 cm³/mol. The van der Waals surface area contributed by atoms with Gasteiger partial charge in [0.1, 0.15) is 13.2 Å². The molecule has 10 nitrogen and oxygen atoms in total. The zero-order valence-electron chi connectivity index (χ0n) is 31.3. The minimum absolute atomic E-state index is 0.0203. The number of amides is 2. The number of carbonyl (C=O) groups excluding carboxylic acids is 2. The van der Waals surface area contributed by atoms with Crippen LogP contribution < -0.4 is 0 Å². The lowest BCUT2D eigenvalue weighted by Crippen LogP contribution is -2.37. The van der Waals surface area contributed by atoms with Gasteiger partial charge < -0.3 is 29.5 Å². The van der Waals surface area contributed by atoms with Crippen molar-refractivity contribution in [1.29, 1.82) is 0 Å². The Morgan fingerprint density at radius 1 is 0.536 bits per heavy atom. The molecule has 6 aliphatic rings. The van der Waals surface area contributed by atoms with Crippen LogP contribution in [-0.4, -0.2) is 83.5 Å². The van der Waals surface area contributed by atoms with Crippen molar-refractivity contribution in [3.05, 3.63) is 119 Å². The lowest BCUT2D eigenvalue weighted by Gasteiger charge is -2.23. The van der Waals surface area contributed by atoms with Crippen molar-refractivity contribution in [2.24, 2.45) is 22.7 Å². The first kappa shape index (κ1) is 36.0. The number of hydrogen-bond donors (Lipinski definition) is 2. The second kappa shape index (κ2) is 14.1. The number of benzene rings is 4. The molecule has 4 fully saturated rings. The summed E-state index contributed by atoms with van der Waals surface area (Å²) < 4.78 is 11.4. The van der Waals surface area contributed by atoms with Crippen molar-refractivity contribution in [2.75, 3.05) is 39.4 Å². The van der Waals surface area contributed by atoms with Crippen molar-refractivity contribution in [3.63, 3.8) is 0 Å². The molecule has 10 heteroatoms. The van der Waals surface area contributed by atoms with Crippen LogP contribution in [0.4, 0.5) is 9.59 Å². The molecule has 4 aliphatic carbocycles. The fourth-order valence-corrected chi connectivity index (χ4v) is 10.9. The summed E-state index contributed by atoms with van der Waals surface area (Å²) in [5.74, 6) is -1.41. The molecule has 10 rings (SSSR count). The van der Waals surface area contributed by atoms with E-state index in [9.17, 15) is 29.4 Å². The van der Waals surface area contributed by atoms with Gasteiger partial charge in [0, 0.05) is 38.0 Å². The molecule has 2 heterocycles. The lowest BCUT2D eigenvalue weighted by atomic mass is 9.81. The van der Waals surface area contributed by atoms with Crippen molar-refractivity contribution in [2.45, 2.75) is 50.4 Å². The van der Waals surface area contributed by atoms with E-state index >= 15 is 0 Å². The number of carbonyl (C=O) groups is 4. The fraction of sp³-hybridized carbons (Fsp3) is 0.391. The first-order chi connectivity index (χ1) is 27.2. The molecule has 2 N–H and O–H groups in total. The van der Waals surface area contributed by atoms with E-state index < -0.39 is 35.0 Å². The third-order valence-corrected chi connectivity index (χ3v) is 13.8. The third-order valence-electron chi connectivity index (χ3n) is 13.8. The molecule has 0 spiro atoms. The molecule has 0 unspecified atom stereocenters. The highest BCUT2D eigenvalue weighted by molar-refractivity contribution is 5.82. The van der Waals surface area contributed by atoms with Crippen LogP contribution in [0.2, 0.25) is 0 Å². The monoisotopic (exact) mass is 754 g/mol. The summed E-state index contributed by atoms with van der Waals surface area (Å²) in [4.78, 5) is 52.3. The van der Waals surface area contributed by atoms with E-state index in [2.05, 4.69) is 48.5 Å². The van der Waals surface area contributed by atoms with Crippen LogP contribution >= 0.6 is 0 Å². The van der Waals surface area contributed by atoms with Gasteiger partial charge in [-0.05, 0) is 82.0 Å². The second-order valence-electron chi connectivity index (χ2n) is 16.5. The fourth-order valence-electron chi connectivity index (χ4n) is 10.9. The molecule has 4 atom stereocenters. The quantitative estimate of drug-likeness (QED) is 0.201. The van der Waals surface area contributed by atoms with E-state index in [1.165, 1.54) is 44.5 Å². The minimum atomic E-state index is -0.774. The van der Waals surface area contributed by atoms with E-state index in [4.69, 9.17) is 9.47 Å². The summed E-state index contributed by atoms with van der Waals surface area (Å²) in [7, 11) is 0. The van der Waals surface area contributed by atoms with Crippen molar-refractivity contribution >= 4 is 24.1 Å². The standard InChI is InChI=1S/2C23H23NO4/c2*25-21(26)23-11-5-6-15(23)12-24(14-23)22(27)28-13-20-18-9-3-1-7-16(18)17-8-2-4-10-19(17)20/h2*1-4,7-10,15,20H,5-6,11-14H2,(H,25,26)/t2*15-,23-/m10/s1. The van der Waals surface area contributed by atoms with Crippen LogP contribution in [0.5, 0.6) is 0 Å². The van der Waals surface area contributed by atoms with E-state index in [0.29, 0.717) is 25.9 Å². The molecular weight excluding hydrogens is 709 g/mol. The summed E-state index contributed by atoms with van der Waals surface area (Å²) in [6.07, 6.45) is 4.12. The molecule has 2 amide bonds. The number of aliphatic carboxylic acids is 2. The largest absolute Gasteiger partial charge is 0.481 e. The van der Waals surface area contributed by atoms with Gasteiger partial charge in [0.05, 0.1) is 10.8 Å². The highest BCUT2D eigenvalue weighted by Crippen LogP contribution is 2.51. The smallest absolute Gasteiger partial charge is 0.409 e. The number of likely N-dealkylation sites (tertiary alicyclic amines) is 2. The molecule has 56 heavy (non-hydrogen) atoms. The van der Waals surface area contributed by atoms with Crippen LogP contribution in [-0.2, 0) is 19.1 Å². The average molecular weight is 755 g/mol. The summed E-state index contributed by atoms with van der Waals surface area (Å²) in [5, 5.41) is 19.4. The average Bonchev–Trinajstić information content (AvgIpc) is 4.05. The number of ether oxygens (including phenoxy) is 2. The molecule has 2 saturated carbocycles. The van der Waals surface area contributed by atoms with E-state index in [1.807, 2.05) is 48.5 Å². The third kappa shape index (κ3) is 5.83. The Morgan fingerprint density at radius 2 is 0.857 bits per heavy atom. The van der Waals surface area contributed by atoms with Gasteiger partial charge in [0.2, 0.25) is 0 Å². The number of hydrogen-bond acceptors (Lipinski definition) is 6. The van der Waals surface area contributed by atoms with Gasteiger partial charge in [0.15, 0.2) is 0 Å². The molecule has 0 radical (unpaired) electrons. The second-order valence-corrected chi connectivity index (χ2v) is 16.5. The number of carboxylic acid groups (broad SMARTS) is 2. The highest BCUT2D eigenvalue weighted by Gasteiger charge is 2.57. The van der Waals surface area contributed by atoms with Crippen LogP contribution in [0.3, 0.4) is 0 Å². The molecule has 2 aliphatic heterocycles. The van der Waals surface area contributed by atoms with Crippen molar-refractivity contribution in [1.82, 2.24) is 9.80 Å². The lowest BCUT2D eigenvalue weighted by molar-refractivity contribution is -0.150. The van der Waals surface area contributed by atoms with Gasteiger partial charge in [-0.15, -0.1) is 0 Å². The van der Waals surface area contributed by atoms with Gasteiger partial charge >= 0.3 is 24.1 Å². The number of fused-ring (bicyclic) bond motifs is 8. The van der Waals surface area contributed by atoms with E-state index in [-0.39, 0.29) is 50.0 Å². The first-order valence-corrected chi connectivity index (χ1v) is 19.9. The summed E-state index contributed by atoms with van der Waals surface area (Å²) in [6, 6.07) is 32.9. The van der Waals surface area contributed by atoms with Gasteiger partial charge in [0.25, 0.3) is 0 Å². The Kier molecular flexibility index (Phi) is 9.10. The van der Waals surface area contributed by atoms with Gasteiger partial charge in [-0.2, -0.15) is 0 Å². The first-order valence-electron chi connectivity index (χ1n) is 19.9. The molecule has 2 saturated heterocycles. The maximum Gasteiger partial charge on any atom is 0.409 e. The molecule has 4 aromatic rings. The molecule has 0 bridgehead atoms. The van der Waals surface area contributed by atoms with Gasteiger partial charge in [-0.3, -0.25) is 9.59 Å².